The van der Waals surface area contributed by atoms with Crippen LogP contribution in [0.4, 0.5) is 0 Å². The third-order valence-corrected chi connectivity index (χ3v) is 8.91. The quantitative estimate of drug-likeness (QED) is 0.384. The average Bonchev–Trinajstić information content (AvgIpc) is 3.05. The molecular formula is C19H33Cl2N2OP. The van der Waals surface area contributed by atoms with Gasteiger partial charge >= 0.3 is 0 Å². The molecule has 3 rings (SSSR count). The van der Waals surface area contributed by atoms with E-state index in [1.165, 1.54) is 64.2 Å². The van der Waals surface area contributed by atoms with Crippen LogP contribution in [-0.2, 0) is 18.1 Å². The van der Waals surface area contributed by atoms with E-state index in [-0.39, 0.29) is 26.7 Å². The summed E-state index contributed by atoms with van der Waals surface area (Å²) in [7, 11) is 1.72. The van der Waals surface area contributed by atoms with E-state index < -0.39 is 0 Å². The van der Waals surface area contributed by atoms with Crippen LogP contribution in [0.1, 0.15) is 64.2 Å². The van der Waals surface area contributed by atoms with Crippen LogP contribution in [0.3, 0.4) is 0 Å². The fourth-order valence-corrected chi connectivity index (χ4v) is 7.69. The molecule has 2 fully saturated rings. The van der Waals surface area contributed by atoms with E-state index in [2.05, 4.69) is 34.9 Å². The molecule has 0 spiro atoms. The first-order chi connectivity index (χ1) is 11.8. The molecule has 0 amide bonds. The molecule has 1 unspecified atom stereocenters. The van der Waals surface area contributed by atoms with Gasteiger partial charge in [0, 0.05) is 19.5 Å². The van der Waals surface area contributed by atoms with E-state index in [1.807, 2.05) is 0 Å². The number of imidazole rings is 1. The van der Waals surface area contributed by atoms with E-state index in [4.69, 9.17) is 16.1 Å². The van der Waals surface area contributed by atoms with Gasteiger partial charge in [0.25, 0.3) is 0 Å². The number of hydrogen-bond acceptors (Lipinski definition) is 1. The van der Waals surface area contributed by atoms with Crippen molar-refractivity contribution in [3.8, 4) is 0 Å². The standard InChI is InChI=1S/C19H33ClN2OP.ClH/c1-21-12-13-22(16-21)15-17(14-20)23-24(18-8-4-2-5-9-18)19-10-6-3-7-11-19;/h12-13,16-19H,2-11,14-15H2,1H3;1H/q+1;/p-1. The highest BCUT2D eigenvalue weighted by Crippen LogP contribution is 2.57. The molecule has 2 saturated carbocycles. The number of aryl methyl sites for hydroxylation is 1. The van der Waals surface area contributed by atoms with Crippen LogP contribution in [0.5, 0.6) is 0 Å². The zero-order valence-corrected chi connectivity index (χ0v) is 17.9. The van der Waals surface area contributed by atoms with Gasteiger partial charge in [0.2, 0.25) is 6.33 Å². The minimum atomic E-state index is -0.336. The maximum atomic E-state index is 6.79. The summed E-state index contributed by atoms with van der Waals surface area (Å²) in [4.78, 5) is 0. The lowest BCUT2D eigenvalue weighted by molar-refractivity contribution is -0.671. The van der Waals surface area contributed by atoms with Gasteiger partial charge in [-0.25, -0.2) is 9.13 Å². The van der Waals surface area contributed by atoms with Crippen LogP contribution in [0, 0.1) is 0 Å². The zero-order valence-electron chi connectivity index (χ0n) is 15.5. The number of halogens is 2. The summed E-state index contributed by atoms with van der Waals surface area (Å²) in [5.74, 6) is 0.597. The smallest absolute Gasteiger partial charge is 0.243 e. The van der Waals surface area contributed by atoms with Crippen molar-refractivity contribution in [3.63, 3.8) is 0 Å². The molecular weight excluding hydrogens is 374 g/mol. The third kappa shape index (κ3) is 6.38. The lowest BCUT2D eigenvalue weighted by Crippen LogP contribution is -3.00. The fourth-order valence-electron chi connectivity index (χ4n) is 4.27. The Hall–Kier alpha value is 0.180. The van der Waals surface area contributed by atoms with Gasteiger partial charge in [-0.2, -0.15) is 0 Å². The summed E-state index contributed by atoms with van der Waals surface area (Å²) >= 11 is 6.31. The van der Waals surface area contributed by atoms with Gasteiger partial charge in [-0.15, -0.1) is 11.6 Å². The fraction of sp³-hybridized carbons (Fsp3) is 0.842. The number of rotatable bonds is 7. The van der Waals surface area contributed by atoms with Gasteiger partial charge < -0.3 is 16.9 Å². The SMILES string of the molecule is C[n+]1ccn(CC(CCl)OP(C2CCCCC2)C2CCCCC2)c1.[Cl-]. The summed E-state index contributed by atoms with van der Waals surface area (Å²) < 4.78 is 11.1. The lowest BCUT2D eigenvalue weighted by atomic mass is 10.00. The van der Waals surface area contributed by atoms with Crippen molar-refractivity contribution in [3.05, 3.63) is 18.7 Å². The van der Waals surface area contributed by atoms with Gasteiger partial charge in [0.05, 0.1) is 12.9 Å². The summed E-state index contributed by atoms with van der Waals surface area (Å²) in [6, 6.07) is 0. The lowest BCUT2D eigenvalue weighted by Gasteiger charge is -2.38. The van der Waals surface area contributed by atoms with E-state index >= 15 is 0 Å². The second kappa shape index (κ2) is 11.1. The van der Waals surface area contributed by atoms with Crippen molar-refractivity contribution in [2.24, 2.45) is 7.05 Å². The molecule has 25 heavy (non-hydrogen) atoms. The Morgan fingerprint density at radius 2 is 1.64 bits per heavy atom. The van der Waals surface area contributed by atoms with Crippen molar-refractivity contribution in [1.29, 1.82) is 0 Å². The molecule has 1 heterocycles. The molecule has 0 aromatic carbocycles. The predicted octanol–water partition coefficient (Wildman–Crippen LogP) is 2.00. The van der Waals surface area contributed by atoms with Crippen LogP contribution < -0.4 is 17.0 Å². The van der Waals surface area contributed by atoms with E-state index in [0.717, 1.165) is 17.9 Å². The highest BCUT2D eigenvalue weighted by atomic mass is 35.5. The first kappa shape index (κ1) is 21.5. The third-order valence-electron chi connectivity index (χ3n) is 5.55. The Balaban J connectivity index is 0.00000225. The molecule has 3 nitrogen and oxygen atoms in total. The van der Waals surface area contributed by atoms with Gasteiger partial charge in [-0.1, -0.05) is 38.5 Å². The van der Waals surface area contributed by atoms with Crippen molar-refractivity contribution in [2.45, 2.75) is 88.2 Å². The van der Waals surface area contributed by atoms with Gasteiger partial charge in [-0.05, 0) is 25.7 Å². The minimum absolute atomic E-state index is 0. The summed E-state index contributed by atoms with van der Waals surface area (Å²) in [6.45, 7) is 0.878. The van der Waals surface area contributed by atoms with Crippen LogP contribution >= 0.6 is 19.7 Å². The Kier molecular flexibility index (Phi) is 9.55. The topological polar surface area (TPSA) is 18.0 Å². The van der Waals surface area contributed by atoms with E-state index in [1.54, 1.807) is 0 Å². The minimum Gasteiger partial charge on any atom is -1.00 e. The predicted molar refractivity (Wildman–Crippen MR) is 102 cm³/mol. The van der Waals surface area contributed by atoms with Crippen molar-refractivity contribution < 1.29 is 21.5 Å². The van der Waals surface area contributed by atoms with Crippen molar-refractivity contribution in [2.75, 3.05) is 5.88 Å². The molecule has 6 heteroatoms. The summed E-state index contributed by atoms with van der Waals surface area (Å²) in [6.07, 6.45) is 20.4. The first-order valence-corrected chi connectivity index (χ1v) is 11.7. The number of alkyl halides is 1. The number of nitrogens with zero attached hydrogens (tertiary/aromatic N) is 2. The Bertz CT molecular complexity index is 470. The summed E-state index contributed by atoms with van der Waals surface area (Å²) in [5, 5.41) is 0. The zero-order chi connectivity index (χ0) is 16.8. The van der Waals surface area contributed by atoms with E-state index in [9.17, 15) is 0 Å². The number of hydrogen-bond donors (Lipinski definition) is 0. The molecule has 2 aliphatic rings. The second-order valence-electron chi connectivity index (χ2n) is 7.60. The highest BCUT2D eigenvalue weighted by molar-refractivity contribution is 7.54. The second-order valence-corrected chi connectivity index (χ2v) is 10.3. The molecule has 2 aliphatic carbocycles. The Morgan fingerprint density at radius 1 is 1.08 bits per heavy atom. The van der Waals surface area contributed by atoms with Crippen LogP contribution in [0.25, 0.3) is 0 Å². The van der Waals surface area contributed by atoms with Crippen molar-refractivity contribution >= 4 is 19.7 Å². The van der Waals surface area contributed by atoms with Gasteiger partial charge in [0.1, 0.15) is 25.0 Å². The Labute approximate surface area is 165 Å². The molecule has 0 bridgehead atoms. The normalized spacial score (nSPS) is 21.2. The molecule has 0 aliphatic heterocycles. The van der Waals surface area contributed by atoms with Crippen LogP contribution in [0.2, 0.25) is 0 Å². The largest absolute Gasteiger partial charge is 1.00 e. The summed E-state index contributed by atoms with van der Waals surface area (Å²) in [5.41, 5.74) is 1.65. The van der Waals surface area contributed by atoms with Gasteiger partial charge in [0.15, 0.2) is 0 Å². The van der Waals surface area contributed by atoms with Crippen LogP contribution in [-0.4, -0.2) is 27.9 Å². The van der Waals surface area contributed by atoms with Crippen molar-refractivity contribution in [1.82, 2.24) is 4.57 Å². The molecule has 144 valence electrons. The monoisotopic (exact) mass is 406 g/mol. The van der Waals surface area contributed by atoms with Gasteiger partial charge in [-0.3, -0.25) is 0 Å². The molecule has 1 aromatic heterocycles. The molecule has 0 N–H and O–H groups in total. The molecule has 0 saturated heterocycles. The highest BCUT2D eigenvalue weighted by Gasteiger charge is 2.34. The molecule has 0 radical (unpaired) electrons. The Morgan fingerprint density at radius 3 is 2.08 bits per heavy atom. The van der Waals surface area contributed by atoms with Crippen LogP contribution in [0.15, 0.2) is 18.7 Å². The maximum Gasteiger partial charge on any atom is 0.243 e. The van der Waals surface area contributed by atoms with E-state index in [0.29, 0.717) is 5.88 Å². The average molecular weight is 407 g/mol. The number of aromatic nitrogens is 2. The molecule has 1 atom stereocenters. The molecule has 1 aromatic rings. The first-order valence-electron chi connectivity index (χ1n) is 9.78. The maximum absolute atomic E-state index is 6.79.